The summed E-state index contributed by atoms with van der Waals surface area (Å²) in [5, 5.41) is 5.35. The zero-order valence-corrected chi connectivity index (χ0v) is 15.1. The predicted molar refractivity (Wildman–Crippen MR) is 97.9 cm³/mol. The molecule has 0 aliphatic rings. The molecule has 8 nitrogen and oxygen atoms in total. The highest BCUT2D eigenvalue weighted by atomic mass is 35.5. The molecule has 3 aromatic rings. The van der Waals surface area contributed by atoms with E-state index in [4.69, 9.17) is 16.3 Å². The number of anilines is 1. The van der Waals surface area contributed by atoms with Gasteiger partial charge in [-0.05, 0) is 18.2 Å². The molecule has 2 heterocycles. The Hall–Kier alpha value is -3.13. The molecule has 2 aromatic heterocycles. The van der Waals surface area contributed by atoms with E-state index in [1.807, 2.05) is 7.05 Å². The first-order chi connectivity index (χ1) is 12.5. The Balaban J connectivity index is 2.04. The Kier molecular flexibility index (Phi) is 4.77. The topological polar surface area (TPSA) is 98.1 Å². The molecule has 9 heteroatoms. The summed E-state index contributed by atoms with van der Waals surface area (Å²) in [5.41, 5.74) is 2.16. The minimum Gasteiger partial charge on any atom is -0.494 e. The lowest BCUT2D eigenvalue weighted by Crippen LogP contribution is -2.22. The fourth-order valence-corrected chi connectivity index (χ4v) is 2.79. The molecular weight excluding hydrogens is 358 g/mol. The Morgan fingerprint density at radius 3 is 2.65 bits per heavy atom. The van der Waals surface area contributed by atoms with Crippen molar-refractivity contribution in [3.63, 3.8) is 0 Å². The lowest BCUT2D eigenvalue weighted by Gasteiger charge is -2.13. The van der Waals surface area contributed by atoms with Crippen molar-refractivity contribution in [3.8, 4) is 5.75 Å². The third-order valence-corrected chi connectivity index (χ3v) is 4.08. The number of methoxy groups -OCH3 is 1. The van der Waals surface area contributed by atoms with Gasteiger partial charge in [-0.1, -0.05) is 11.6 Å². The van der Waals surface area contributed by atoms with E-state index in [1.165, 1.54) is 26.4 Å². The zero-order valence-electron chi connectivity index (χ0n) is 14.3. The summed E-state index contributed by atoms with van der Waals surface area (Å²) in [6, 6.07) is 4.76. The monoisotopic (exact) mass is 373 g/mol. The molecular formula is C17H16ClN5O3. The molecule has 134 valence electrons. The maximum Gasteiger partial charge on any atom is 0.259 e. The third-order valence-electron chi connectivity index (χ3n) is 3.87. The van der Waals surface area contributed by atoms with E-state index < -0.39 is 11.8 Å². The van der Waals surface area contributed by atoms with Crippen LogP contribution in [0, 0.1) is 0 Å². The first-order valence-corrected chi connectivity index (χ1v) is 8.01. The van der Waals surface area contributed by atoms with Gasteiger partial charge >= 0.3 is 0 Å². The molecule has 0 aliphatic carbocycles. The fourth-order valence-electron chi connectivity index (χ4n) is 2.64. The number of amides is 2. The SMILES string of the molecule is CNC(=O)c1cnc(Cl)cc1NC(=O)c1ccc2ncn(C)c2c1OC. The number of halogens is 1. The second kappa shape index (κ2) is 7.01. The van der Waals surface area contributed by atoms with Gasteiger partial charge in [-0.15, -0.1) is 0 Å². The first-order valence-electron chi connectivity index (χ1n) is 7.63. The number of hydrogen-bond acceptors (Lipinski definition) is 5. The van der Waals surface area contributed by atoms with Crippen LogP contribution in [-0.2, 0) is 7.05 Å². The van der Waals surface area contributed by atoms with Crippen LogP contribution in [0.2, 0.25) is 5.15 Å². The third kappa shape index (κ3) is 3.06. The smallest absolute Gasteiger partial charge is 0.259 e. The number of rotatable bonds is 4. The van der Waals surface area contributed by atoms with Crippen LogP contribution in [0.15, 0.2) is 30.7 Å². The molecule has 0 spiro atoms. The average Bonchev–Trinajstić information content (AvgIpc) is 3.01. The van der Waals surface area contributed by atoms with Gasteiger partial charge in [0.05, 0.1) is 35.8 Å². The van der Waals surface area contributed by atoms with Gasteiger partial charge < -0.3 is 19.9 Å². The van der Waals surface area contributed by atoms with E-state index in [-0.39, 0.29) is 16.4 Å². The van der Waals surface area contributed by atoms with Crippen molar-refractivity contribution in [1.82, 2.24) is 19.9 Å². The van der Waals surface area contributed by atoms with E-state index in [0.29, 0.717) is 22.3 Å². The van der Waals surface area contributed by atoms with Crippen LogP contribution in [0.25, 0.3) is 11.0 Å². The van der Waals surface area contributed by atoms with Crippen molar-refractivity contribution in [2.24, 2.45) is 7.05 Å². The molecule has 0 radical (unpaired) electrons. The number of aromatic nitrogens is 3. The van der Waals surface area contributed by atoms with Crippen molar-refractivity contribution in [1.29, 1.82) is 0 Å². The van der Waals surface area contributed by atoms with Gasteiger partial charge in [0.25, 0.3) is 11.8 Å². The van der Waals surface area contributed by atoms with Crippen LogP contribution in [0.5, 0.6) is 5.75 Å². The van der Waals surface area contributed by atoms with Crippen LogP contribution >= 0.6 is 11.6 Å². The number of pyridine rings is 1. The number of carbonyl (C=O) groups is 2. The number of hydrogen-bond donors (Lipinski definition) is 2. The van der Waals surface area contributed by atoms with Crippen molar-refractivity contribution >= 4 is 40.1 Å². The molecule has 0 bridgehead atoms. The number of benzene rings is 1. The lowest BCUT2D eigenvalue weighted by atomic mass is 10.1. The molecule has 1 aromatic carbocycles. The molecule has 0 fully saturated rings. The van der Waals surface area contributed by atoms with Crippen molar-refractivity contribution in [3.05, 3.63) is 47.0 Å². The van der Waals surface area contributed by atoms with Gasteiger partial charge in [0, 0.05) is 20.3 Å². The van der Waals surface area contributed by atoms with E-state index in [1.54, 1.807) is 23.0 Å². The van der Waals surface area contributed by atoms with Gasteiger partial charge in [-0.2, -0.15) is 0 Å². The van der Waals surface area contributed by atoms with Gasteiger partial charge in [-0.25, -0.2) is 9.97 Å². The summed E-state index contributed by atoms with van der Waals surface area (Å²) in [4.78, 5) is 32.9. The summed E-state index contributed by atoms with van der Waals surface area (Å²) in [7, 11) is 4.78. The number of nitrogens with one attached hydrogen (secondary N) is 2. The van der Waals surface area contributed by atoms with Gasteiger partial charge in [-0.3, -0.25) is 9.59 Å². The molecule has 2 N–H and O–H groups in total. The van der Waals surface area contributed by atoms with Crippen LogP contribution in [0.3, 0.4) is 0 Å². The van der Waals surface area contributed by atoms with Gasteiger partial charge in [0.2, 0.25) is 0 Å². The quantitative estimate of drug-likeness (QED) is 0.683. The van der Waals surface area contributed by atoms with Gasteiger partial charge in [0.1, 0.15) is 10.7 Å². The second-order valence-corrected chi connectivity index (χ2v) is 5.84. The van der Waals surface area contributed by atoms with Crippen molar-refractivity contribution in [2.75, 3.05) is 19.5 Å². The Morgan fingerprint density at radius 1 is 1.19 bits per heavy atom. The zero-order chi connectivity index (χ0) is 18.8. The van der Waals surface area contributed by atoms with Crippen LogP contribution in [-0.4, -0.2) is 40.5 Å². The van der Waals surface area contributed by atoms with E-state index >= 15 is 0 Å². The fraction of sp³-hybridized carbons (Fsp3) is 0.176. The molecule has 0 aliphatic heterocycles. The average molecular weight is 374 g/mol. The Bertz CT molecular complexity index is 1020. The van der Waals surface area contributed by atoms with E-state index in [2.05, 4.69) is 20.6 Å². The molecule has 26 heavy (non-hydrogen) atoms. The highest BCUT2D eigenvalue weighted by Gasteiger charge is 2.20. The molecule has 3 rings (SSSR count). The van der Waals surface area contributed by atoms with Crippen molar-refractivity contribution in [2.45, 2.75) is 0 Å². The van der Waals surface area contributed by atoms with Crippen LogP contribution in [0.1, 0.15) is 20.7 Å². The summed E-state index contributed by atoms with van der Waals surface area (Å²) in [5.74, 6) is -0.447. The van der Waals surface area contributed by atoms with E-state index in [0.717, 1.165) is 0 Å². The number of imidazole rings is 1. The second-order valence-electron chi connectivity index (χ2n) is 5.46. The number of ether oxygens (including phenoxy) is 1. The summed E-state index contributed by atoms with van der Waals surface area (Å²) in [6.07, 6.45) is 2.94. The first kappa shape index (κ1) is 17.7. The maximum atomic E-state index is 12.8. The predicted octanol–water partition coefficient (Wildman–Crippen LogP) is 2.24. The number of fused-ring (bicyclic) bond motifs is 1. The number of nitrogens with zero attached hydrogens (tertiary/aromatic N) is 3. The number of carbonyl (C=O) groups excluding carboxylic acids is 2. The summed E-state index contributed by atoms with van der Waals surface area (Å²) < 4.78 is 7.21. The molecule has 0 unspecified atom stereocenters. The summed E-state index contributed by atoms with van der Waals surface area (Å²) >= 11 is 5.91. The highest BCUT2D eigenvalue weighted by Crippen LogP contribution is 2.30. The Labute approximate surface area is 154 Å². The summed E-state index contributed by atoms with van der Waals surface area (Å²) in [6.45, 7) is 0. The van der Waals surface area contributed by atoms with Gasteiger partial charge in [0.15, 0.2) is 5.75 Å². The van der Waals surface area contributed by atoms with Crippen LogP contribution < -0.4 is 15.4 Å². The lowest BCUT2D eigenvalue weighted by molar-refractivity contribution is 0.0963. The largest absolute Gasteiger partial charge is 0.494 e. The molecule has 0 saturated heterocycles. The van der Waals surface area contributed by atoms with Crippen LogP contribution in [0.4, 0.5) is 5.69 Å². The molecule has 0 atom stereocenters. The standard InChI is InChI=1S/C17H16ClN5O3/c1-19-16(24)10-7-20-13(18)6-12(10)22-17(25)9-4-5-11-14(15(9)26-3)23(2)8-21-11/h4-8H,1-3H3,(H,19,24)(H,20,22,25). The Morgan fingerprint density at radius 2 is 1.96 bits per heavy atom. The van der Waals surface area contributed by atoms with Crippen molar-refractivity contribution < 1.29 is 14.3 Å². The molecule has 2 amide bonds. The van der Waals surface area contributed by atoms with E-state index in [9.17, 15) is 9.59 Å². The highest BCUT2D eigenvalue weighted by molar-refractivity contribution is 6.30. The number of aryl methyl sites for hydroxylation is 1. The molecule has 0 saturated carbocycles. The normalized spacial score (nSPS) is 10.6. The maximum absolute atomic E-state index is 12.8. The minimum atomic E-state index is -0.447. The minimum absolute atomic E-state index is 0.155.